The number of hydrogen-bond donors (Lipinski definition) is 3. The lowest BCUT2D eigenvalue weighted by atomic mass is 10.1. The zero-order valence-electron chi connectivity index (χ0n) is 25.8. The molecule has 0 saturated carbocycles. The van der Waals surface area contributed by atoms with Gasteiger partial charge in [-0.2, -0.15) is 0 Å². The predicted octanol–water partition coefficient (Wildman–Crippen LogP) is 8.81. The Morgan fingerprint density at radius 2 is 1.45 bits per heavy atom. The largest absolute Gasteiger partial charge is 0.494 e. The second-order valence-corrected chi connectivity index (χ2v) is 12.7. The molecule has 0 aliphatic carbocycles. The van der Waals surface area contributed by atoms with Gasteiger partial charge in [0.05, 0.1) is 6.61 Å². The van der Waals surface area contributed by atoms with Gasteiger partial charge in [0.25, 0.3) is 11.8 Å². The van der Waals surface area contributed by atoms with Crippen LogP contribution in [0.25, 0.3) is 6.08 Å². The minimum atomic E-state index is -0.523. The number of anilines is 2. The van der Waals surface area contributed by atoms with Crippen molar-refractivity contribution < 1.29 is 19.1 Å². The fourth-order valence-corrected chi connectivity index (χ4v) is 6.17. The topological polar surface area (TPSA) is 96.5 Å². The third kappa shape index (κ3) is 9.93. The molecule has 3 N–H and O–H groups in total. The maximum Gasteiger partial charge on any atom is 0.272 e. The molecule has 0 radical (unpaired) electrons. The quantitative estimate of drug-likeness (QED) is 0.0628. The highest BCUT2D eigenvalue weighted by Crippen LogP contribution is 2.37. The summed E-state index contributed by atoms with van der Waals surface area (Å²) in [5.41, 5.74) is 2.67. The van der Waals surface area contributed by atoms with Crippen LogP contribution in [0.15, 0.2) is 137 Å². The number of hydrogen-bond acceptors (Lipinski definition) is 6. The Morgan fingerprint density at radius 1 is 0.787 bits per heavy atom. The average Bonchev–Trinajstić information content (AvgIpc) is 3.62. The lowest BCUT2D eigenvalue weighted by molar-refractivity contribution is -0.116. The molecule has 1 aromatic heterocycles. The minimum absolute atomic E-state index is 0.126. The monoisotopic (exact) mass is 661 g/mol. The number of thiophene rings is 1. The summed E-state index contributed by atoms with van der Waals surface area (Å²) in [6, 6.07) is 36.8. The summed E-state index contributed by atoms with van der Waals surface area (Å²) in [4.78, 5) is 41.5. The van der Waals surface area contributed by atoms with Gasteiger partial charge < -0.3 is 20.7 Å². The van der Waals surface area contributed by atoms with Crippen molar-refractivity contribution in [3.63, 3.8) is 0 Å². The van der Waals surface area contributed by atoms with E-state index in [9.17, 15) is 14.4 Å². The Bertz CT molecular complexity index is 1770. The summed E-state index contributed by atoms with van der Waals surface area (Å²) >= 11 is 2.87. The van der Waals surface area contributed by atoms with Crippen LogP contribution < -0.4 is 20.7 Å². The van der Waals surface area contributed by atoms with E-state index in [1.165, 1.54) is 23.1 Å². The zero-order valence-corrected chi connectivity index (χ0v) is 27.5. The normalized spacial score (nSPS) is 11.7. The Hall–Kier alpha value is -5.12. The second kappa shape index (κ2) is 17.0. The van der Waals surface area contributed by atoms with Crippen molar-refractivity contribution in [3.8, 4) is 5.75 Å². The van der Waals surface area contributed by atoms with Crippen molar-refractivity contribution in [2.24, 2.45) is 0 Å². The van der Waals surface area contributed by atoms with E-state index in [1.807, 2.05) is 90.3 Å². The number of nitrogens with one attached hydrogen (secondary N) is 3. The summed E-state index contributed by atoms with van der Waals surface area (Å²) in [5, 5.41) is 10.1. The second-order valence-electron chi connectivity index (χ2n) is 10.5. The Balaban J connectivity index is 1.26. The van der Waals surface area contributed by atoms with Crippen LogP contribution in [0.4, 0.5) is 11.4 Å². The van der Waals surface area contributed by atoms with Crippen LogP contribution >= 0.6 is 23.1 Å². The molecule has 47 heavy (non-hydrogen) atoms. The molecule has 0 spiro atoms. The van der Waals surface area contributed by atoms with Gasteiger partial charge in [-0.3, -0.25) is 14.4 Å². The molecular weight excluding hydrogens is 627 g/mol. The molecule has 0 aliphatic heterocycles. The molecule has 3 amide bonds. The van der Waals surface area contributed by atoms with Gasteiger partial charge in [0.15, 0.2) is 0 Å². The number of carbonyl (C=O) groups excluding carboxylic acids is 3. The molecule has 5 aromatic rings. The molecule has 1 atom stereocenters. The standard InChI is InChI=1S/C38H35N3O4S2/c1-2-3-24-45-31-20-16-29(17-21-31)40-38(44)35(27-11-6-4-7-12-27)47-32-22-18-30(19-23-32)39-37(43)34(26-33-15-10-25-46-33)41-36(42)28-13-8-5-9-14-28/h4-23,25-26,35H,2-3,24H2,1H3,(H,39,43)(H,40,44)(H,41,42)/b34-26-. The summed E-state index contributed by atoms with van der Waals surface area (Å²) < 4.78 is 5.74. The van der Waals surface area contributed by atoms with E-state index in [0.29, 0.717) is 23.5 Å². The molecule has 0 fully saturated rings. The van der Waals surface area contributed by atoms with Gasteiger partial charge in [0.2, 0.25) is 5.91 Å². The van der Waals surface area contributed by atoms with Crippen molar-refractivity contribution in [1.29, 1.82) is 0 Å². The van der Waals surface area contributed by atoms with E-state index in [1.54, 1.807) is 42.5 Å². The van der Waals surface area contributed by atoms with Crippen LogP contribution in [-0.2, 0) is 9.59 Å². The highest BCUT2D eigenvalue weighted by atomic mass is 32.2. The molecule has 0 aliphatic rings. The Kier molecular flexibility index (Phi) is 12.0. The van der Waals surface area contributed by atoms with E-state index in [-0.39, 0.29) is 17.5 Å². The molecule has 9 heteroatoms. The van der Waals surface area contributed by atoms with Crippen molar-refractivity contribution >= 4 is 58.3 Å². The van der Waals surface area contributed by atoms with Crippen LogP contribution in [-0.4, -0.2) is 24.3 Å². The lowest BCUT2D eigenvalue weighted by Gasteiger charge is -2.18. The zero-order chi connectivity index (χ0) is 32.8. The van der Waals surface area contributed by atoms with Crippen molar-refractivity contribution in [2.45, 2.75) is 29.9 Å². The summed E-state index contributed by atoms with van der Waals surface area (Å²) in [6.45, 7) is 2.78. The van der Waals surface area contributed by atoms with Gasteiger partial charge in [-0.1, -0.05) is 67.9 Å². The third-order valence-corrected chi connectivity index (χ3v) is 9.04. The van der Waals surface area contributed by atoms with E-state index in [0.717, 1.165) is 33.9 Å². The summed E-state index contributed by atoms with van der Waals surface area (Å²) in [6.07, 6.45) is 3.71. The lowest BCUT2D eigenvalue weighted by Crippen LogP contribution is -2.30. The van der Waals surface area contributed by atoms with Gasteiger partial charge in [0, 0.05) is 26.7 Å². The van der Waals surface area contributed by atoms with E-state index >= 15 is 0 Å². The highest BCUT2D eigenvalue weighted by molar-refractivity contribution is 8.00. The van der Waals surface area contributed by atoms with Gasteiger partial charge in [0.1, 0.15) is 16.7 Å². The molecule has 238 valence electrons. The first-order chi connectivity index (χ1) is 23.0. The van der Waals surface area contributed by atoms with Crippen molar-refractivity contribution in [3.05, 3.63) is 148 Å². The van der Waals surface area contributed by atoms with E-state index in [2.05, 4.69) is 22.9 Å². The molecule has 4 aromatic carbocycles. The number of carbonyl (C=O) groups is 3. The first-order valence-corrected chi connectivity index (χ1v) is 17.0. The van der Waals surface area contributed by atoms with Gasteiger partial charge in [-0.15, -0.1) is 23.1 Å². The number of ether oxygens (including phenoxy) is 1. The van der Waals surface area contributed by atoms with Gasteiger partial charge in [-0.25, -0.2) is 0 Å². The average molecular weight is 662 g/mol. The van der Waals surface area contributed by atoms with E-state index in [4.69, 9.17) is 4.74 Å². The molecule has 1 unspecified atom stereocenters. The smallest absolute Gasteiger partial charge is 0.272 e. The molecule has 1 heterocycles. The third-order valence-electron chi connectivity index (χ3n) is 6.95. The number of thioether (sulfide) groups is 1. The molecule has 0 bridgehead atoms. The number of rotatable bonds is 14. The highest BCUT2D eigenvalue weighted by Gasteiger charge is 2.23. The summed E-state index contributed by atoms with van der Waals surface area (Å²) in [7, 11) is 0. The summed E-state index contributed by atoms with van der Waals surface area (Å²) in [5.74, 6) is -0.218. The number of amides is 3. The molecular formula is C38H35N3O4S2. The van der Waals surface area contributed by atoms with Crippen LogP contribution in [0.3, 0.4) is 0 Å². The maximum atomic E-state index is 13.6. The Labute approximate surface area is 283 Å². The van der Waals surface area contributed by atoms with E-state index < -0.39 is 11.2 Å². The molecule has 0 saturated heterocycles. The first-order valence-electron chi connectivity index (χ1n) is 15.3. The van der Waals surface area contributed by atoms with Crippen LogP contribution in [0, 0.1) is 0 Å². The molecule has 7 nitrogen and oxygen atoms in total. The fourth-order valence-electron chi connectivity index (χ4n) is 4.49. The van der Waals surface area contributed by atoms with Crippen LogP contribution in [0.5, 0.6) is 5.75 Å². The van der Waals surface area contributed by atoms with Gasteiger partial charge >= 0.3 is 0 Å². The SMILES string of the molecule is CCCCOc1ccc(NC(=O)C(Sc2ccc(NC(=O)/C(=C/c3cccs3)NC(=O)c3ccccc3)cc2)c2ccccc2)cc1. The van der Waals surface area contributed by atoms with Gasteiger partial charge in [-0.05, 0) is 90.2 Å². The maximum absolute atomic E-state index is 13.6. The minimum Gasteiger partial charge on any atom is -0.494 e. The Morgan fingerprint density at radius 3 is 2.11 bits per heavy atom. The van der Waals surface area contributed by atoms with Crippen molar-refractivity contribution in [2.75, 3.05) is 17.2 Å². The number of unbranched alkanes of at least 4 members (excludes halogenated alkanes) is 1. The predicted molar refractivity (Wildman–Crippen MR) is 192 cm³/mol. The fraction of sp³-hybridized carbons (Fsp3) is 0.132. The first kappa shape index (κ1) is 33.2. The van der Waals surface area contributed by atoms with Crippen LogP contribution in [0.1, 0.15) is 45.8 Å². The van der Waals surface area contributed by atoms with Crippen molar-refractivity contribution in [1.82, 2.24) is 5.32 Å². The number of benzene rings is 4. The molecule has 5 rings (SSSR count). The van der Waals surface area contributed by atoms with Crippen LogP contribution in [0.2, 0.25) is 0 Å².